The third-order valence-electron chi connectivity index (χ3n) is 4.46. The second-order valence-electron chi connectivity index (χ2n) is 5.78. The zero-order chi connectivity index (χ0) is 15.4. The van der Waals surface area contributed by atoms with Gasteiger partial charge in [0.05, 0.1) is 14.2 Å². The van der Waals surface area contributed by atoms with Crippen LogP contribution in [0.2, 0.25) is 0 Å². The second-order valence-corrected chi connectivity index (χ2v) is 5.78. The molecule has 1 N–H and O–H groups in total. The lowest BCUT2D eigenvalue weighted by Crippen LogP contribution is -2.19. The average molecular weight is 297 g/mol. The lowest BCUT2D eigenvalue weighted by Gasteiger charge is -2.21. The average Bonchev–Trinajstić information content (AvgIpc) is 3.03. The Balaban J connectivity index is 1.81. The van der Waals surface area contributed by atoms with E-state index in [0.29, 0.717) is 12.0 Å². The van der Waals surface area contributed by atoms with E-state index in [-0.39, 0.29) is 0 Å². The van der Waals surface area contributed by atoms with Crippen LogP contribution in [0, 0.1) is 5.92 Å². The molecule has 3 heteroatoms. The molecule has 1 aliphatic heterocycles. The summed E-state index contributed by atoms with van der Waals surface area (Å²) >= 11 is 0. The van der Waals surface area contributed by atoms with Crippen LogP contribution in [0.15, 0.2) is 48.5 Å². The summed E-state index contributed by atoms with van der Waals surface area (Å²) in [7, 11) is 3.36. The zero-order valence-electron chi connectivity index (χ0n) is 13.2. The molecule has 3 nitrogen and oxygen atoms in total. The van der Waals surface area contributed by atoms with Gasteiger partial charge in [0.1, 0.15) is 0 Å². The molecule has 0 aliphatic carbocycles. The lowest BCUT2D eigenvalue weighted by molar-refractivity contribution is 0.353. The second kappa shape index (κ2) is 6.84. The Labute approximate surface area is 132 Å². The Hall–Kier alpha value is -2.00. The highest BCUT2D eigenvalue weighted by molar-refractivity contribution is 5.44. The van der Waals surface area contributed by atoms with Crippen molar-refractivity contribution >= 4 is 0 Å². The molecule has 2 aromatic carbocycles. The topological polar surface area (TPSA) is 30.5 Å². The molecule has 0 spiro atoms. The molecule has 1 saturated heterocycles. The van der Waals surface area contributed by atoms with Crippen LogP contribution in [0.5, 0.6) is 11.5 Å². The zero-order valence-corrected chi connectivity index (χ0v) is 13.2. The fraction of sp³-hybridized carbons (Fsp3) is 0.368. The minimum Gasteiger partial charge on any atom is -0.493 e. The third-order valence-corrected chi connectivity index (χ3v) is 4.46. The Morgan fingerprint density at radius 2 is 1.77 bits per heavy atom. The summed E-state index contributed by atoms with van der Waals surface area (Å²) in [5.74, 6) is 2.19. The number of benzene rings is 2. The van der Waals surface area contributed by atoms with E-state index < -0.39 is 0 Å². The molecular weight excluding hydrogens is 274 g/mol. The van der Waals surface area contributed by atoms with Gasteiger partial charge in [-0.3, -0.25) is 0 Å². The number of methoxy groups -OCH3 is 2. The molecule has 1 heterocycles. The van der Waals surface area contributed by atoms with E-state index >= 15 is 0 Å². The Morgan fingerprint density at radius 1 is 1.00 bits per heavy atom. The number of hydrogen-bond acceptors (Lipinski definition) is 3. The summed E-state index contributed by atoms with van der Waals surface area (Å²) in [5.41, 5.74) is 2.68. The first-order valence-electron chi connectivity index (χ1n) is 7.81. The Morgan fingerprint density at radius 3 is 2.50 bits per heavy atom. The molecule has 2 atom stereocenters. The molecule has 0 radical (unpaired) electrons. The van der Waals surface area contributed by atoms with Gasteiger partial charge in [0.25, 0.3) is 0 Å². The first kappa shape index (κ1) is 14.9. The number of ether oxygens (including phenoxy) is 2. The van der Waals surface area contributed by atoms with Gasteiger partial charge in [-0.1, -0.05) is 36.4 Å². The van der Waals surface area contributed by atoms with Crippen LogP contribution in [-0.2, 0) is 6.42 Å². The molecule has 0 amide bonds. The van der Waals surface area contributed by atoms with Crippen molar-refractivity contribution in [2.75, 3.05) is 20.8 Å². The quantitative estimate of drug-likeness (QED) is 0.914. The summed E-state index contributed by atoms with van der Waals surface area (Å²) in [4.78, 5) is 0. The van der Waals surface area contributed by atoms with Crippen LogP contribution in [0.3, 0.4) is 0 Å². The number of hydrogen-bond donors (Lipinski definition) is 1. The SMILES string of the molecule is COc1ccc(C2NCCC2Cc2ccccc2)cc1OC. The normalized spacial score (nSPS) is 20.8. The molecule has 2 aromatic rings. The van der Waals surface area contributed by atoms with Crippen LogP contribution >= 0.6 is 0 Å². The predicted octanol–water partition coefficient (Wildman–Crippen LogP) is 3.60. The summed E-state index contributed by atoms with van der Waals surface area (Å²) in [5, 5.41) is 3.64. The van der Waals surface area contributed by atoms with Crippen molar-refractivity contribution in [1.29, 1.82) is 0 Å². The van der Waals surface area contributed by atoms with Gasteiger partial charge >= 0.3 is 0 Å². The molecule has 3 rings (SSSR count). The van der Waals surface area contributed by atoms with E-state index in [2.05, 4.69) is 47.8 Å². The molecule has 0 saturated carbocycles. The number of nitrogens with one attached hydrogen (secondary N) is 1. The maximum absolute atomic E-state index is 5.44. The van der Waals surface area contributed by atoms with Crippen LogP contribution in [0.1, 0.15) is 23.6 Å². The first-order valence-corrected chi connectivity index (χ1v) is 7.81. The van der Waals surface area contributed by atoms with Crippen molar-refractivity contribution in [2.45, 2.75) is 18.9 Å². The lowest BCUT2D eigenvalue weighted by atomic mass is 9.88. The van der Waals surface area contributed by atoms with E-state index in [1.165, 1.54) is 17.5 Å². The smallest absolute Gasteiger partial charge is 0.161 e. The standard InChI is InChI=1S/C19H23NO2/c1-21-17-9-8-15(13-18(17)22-2)19-16(10-11-20-19)12-14-6-4-3-5-7-14/h3-9,13,16,19-20H,10-12H2,1-2H3. The van der Waals surface area contributed by atoms with Gasteiger partial charge in [-0.15, -0.1) is 0 Å². The van der Waals surface area contributed by atoms with Crippen LogP contribution in [-0.4, -0.2) is 20.8 Å². The Bertz CT molecular complexity index is 612. The van der Waals surface area contributed by atoms with Gasteiger partial charge in [-0.25, -0.2) is 0 Å². The monoisotopic (exact) mass is 297 g/mol. The molecule has 0 aromatic heterocycles. The van der Waals surface area contributed by atoms with E-state index in [4.69, 9.17) is 9.47 Å². The van der Waals surface area contributed by atoms with Gasteiger partial charge in [-0.2, -0.15) is 0 Å². The first-order chi connectivity index (χ1) is 10.8. The minimum absolute atomic E-state index is 0.375. The van der Waals surface area contributed by atoms with Gasteiger partial charge < -0.3 is 14.8 Å². The van der Waals surface area contributed by atoms with E-state index in [1.54, 1.807) is 14.2 Å². The molecule has 1 fully saturated rings. The van der Waals surface area contributed by atoms with Crippen LogP contribution in [0.4, 0.5) is 0 Å². The van der Waals surface area contributed by atoms with Gasteiger partial charge in [0.2, 0.25) is 0 Å². The van der Waals surface area contributed by atoms with Gasteiger partial charge in [-0.05, 0) is 48.6 Å². The fourth-order valence-corrected chi connectivity index (χ4v) is 3.33. The molecule has 22 heavy (non-hydrogen) atoms. The van der Waals surface area contributed by atoms with Crippen molar-refractivity contribution in [2.24, 2.45) is 5.92 Å². The largest absolute Gasteiger partial charge is 0.493 e. The maximum Gasteiger partial charge on any atom is 0.161 e. The van der Waals surface area contributed by atoms with E-state index in [1.807, 2.05) is 6.07 Å². The Kier molecular flexibility index (Phi) is 4.64. The van der Waals surface area contributed by atoms with Crippen molar-refractivity contribution in [3.05, 3.63) is 59.7 Å². The summed E-state index contributed by atoms with van der Waals surface area (Å²) in [6, 6.07) is 17.3. The van der Waals surface area contributed by atoms with Crippen molar-refractivity contribution in [1.82, 2.24) is 5.32 Å². The summed E-state index contributed by atoms with van der Waals surface area (Å²) in [6.45, 7) is 1.07. The van der Waals surface area contributed by atoms with Crippen molar-refractivity contribution < 1.29 is 9.47 Å². The molecular formula is C19H23NO2. The number of rotatable bonds is 5. The van der Waals surface area contributed by atoms with Gasteiger partial charge in [0.15, 0.2) is 11.5 Å². The van der Waals surface area contributed by atoms with E-state index in [9.17, 15) is 0 Å². The van der Waals surface area contributed by atoms with Crippen molar-refractivity contribution in [3.8, 4) is 11.5 Å². The highest BCUT2D eigenvalue weighted by Crippen LogP contribution is 2.36. The van der Waals surface area contributed by atoms with Gasteiger partial charge in [0, 0.05) is 6.04 Å². The molecule has 2 unspecified atom stereocenters. The fourth-order valence-electron chi connectivity index (χ4n) is 3.33. The predicted molar refractivity (Wildman–Crippen MR) is 88.5 cm³/mol. The van der Waals surface area contributed by atoms with Crippen LogP contribution < -0.4 is 14.8 Å². The summed E-state index contributed by atoms with van der Waals surface area (Å²) < 4.78 is 10.8. The maximum atomic E-state index is 5.44. The highest BCUT2D eigenvalue weighted by Gasteiger charge is 2.28. The van der Waals surface area contributed by atoms with E-state index in [0.717, 1.165) is 24.5 Å². The molecule has 116 valence electrons. The summed E-state index contributed by atoms with van der Waals surface area (Å²) in [6.07, 6.45) is 2.31. The minimum atomic E-state index is 0.375. The van der Waals surface area contributed by atoms with Crippen molar-refractivity contribution in [3.63, 3.8) is 0 Å². The highest BCUT2D eigenvalue weighted by atomic mass is 16.5. The van der Waals surface area contributed by atoms with Crippen LogP contribution in [0.25, 0.3) is 0 Å². The molecule has 0 bridgehead atoms. The molecule has 1 aliphatic rings. The third kappa shape index (κ3) is 3.09.